The predicted octanol–water partition coefficient (Wildman–Crippen LogP) is 2.62. The predicted molar refractivity (Wildman–Crippen MR) is 66.0 cm³/mol. The van der Waals surface area contributed by atoms with Gasteiger partial charge in [-0.05, 0) is 5.56 Å². The molecule has 0 aliphatic carbocycles. The Morgan fingerprint density at radius 3 is 2.31 bits per heavy atom. The van der Waals surface area contributed by atoms with Crippen molar-refractivity contribution in [3.63, 3.8) is 0 Å². The lowest BCUT2D eigenvalue weighted by Crippen LogP contribution is -2.43. The summed E-state index contributed by atoms with van der Waals surface area (Å²) in [5.74, 6) is 0. The van der Waals surface area contributed by atoms with E-state index in [-0.39, 0.29) is 0 Å². The van der Waals surface area contributed by atoms with Crippen LogP contribution in [-0.2, 0) is 19.9 Å². The molecule has 0 radical (unpaired) electrons. The van der Waals surface area contributed by atoms with Crippen molar-refractivity contribution in [2.45, 2.75) is 12.7 Å². The largest absolute Gasteiger partial charge is 0.504 e. The Morgan fingerprint density at radius 1 is 1.19 bits per heavy atom. The molecule has 1 rings (SSSR count). The monoisotopic (exact) mass is 238 g/mol. The number of hydrogen-bond acceptors (Lipinski definition) is 3. The number of rotatable bonds is 7. The van der Waals surface area contributed by atoms with Crippen molar-refractivity contribution in [1.29, 1.82) is 0 Å². The first-order valence-electron chi connectivity index (χ1n) is 5.15. The van der Waals surface area contributed by atoms with Gasteiger partial charge in [0.2, 0.25) is 0 Å². The molecule has 0 atom stereocenters. The fourth-order valence-corrected chi connectivity index (χ4v) is 2.96. The molecule has 16 heavy (non-hydrogen) atoms. The summed E-state index contributed by atoms with van der Waals surface area (Å²) in [7, 11) is 0.686. The van der Waals surface area contributed by atoms with Crippen LogP contribution in [0.5, 0.6) is 0 Å². The van der Waals surface area contributed by atoms with E-state index in [1.54, 1.807) is 20.3 Å². The van der Waals surface area contributed by atoms with E-state index >= 15 is 0 Å². The summed E-state index contributed by atoms with van der Waals surface area (Å²) in [6.45, 7) is 4.19. The normalized spacial score (nSPS) is 11.4. The summed E-state index contributed by atoms with van der Waals surface area (Å²) < 4.78 is 16.5. The molecule has 0 aliphatic rings. The van der Waals surface area contributed by atoms with E-state index in [0.717, 1.165) is 5.56 Å². The topological polar surface area (TPSA) is 27.7 Å². The lowest BCUT2D eigenvalue weighted by Gasteiger charge is -2.25. The highest BCUT2D eigenvalue weighted by Gasteiger charge is 2.37. The van der Waals surface area contributed by atoms with E-state index in [0.29, 0.717) is 12.7 Å². The number of benzene rings is 1. The van der Waals surface area contributed by atoms with E-state index in [1.807, 2.05) is 30.3 Å². The van der Waals surface area contributed by atoms with Crippen LogP contribution in [0.4, 0.5) is 0 Å². The molecule has 0 unspecified atom stereocenters. The fraction of sp³-hybridized carbons (Fsp3) is 0.333. The summed E-state index contributed by atoms with van der Waals surface area (Å²) in [5, 5.41) is 0. The summed E-state index contributed by atoms with van der Waals surface area (Å²) in [6.07, 6.45) is 1.77. The average Bonchev–Trinajstić information content (AvgIpc) is 2.36. The van der Waals surface area contributed by atoms with Gasteiger partial charge in [-0.25, -0.2) is 0 Å². The molecule has 3 nitrogen and oxygen atoms in total. The maximum atomic E-state index is 5.78. The van der Waals surface area contributed by atoms with E-state index in [4.69, 9.17) is 13.3 Å². The minimum absolute atomic E-state index is 0.503. The van der Waals surface area contributed by atoms with Crippen molar-refractivity contribution in [2.75, 3.05) is 14.2 Å². The van der Waals surface area contributed by atoms with Crippen molar-refractivity contribution in [1.82, 2.24) is 0 Å². The zero-order valence-electron chi connectivity index (χ0n) is 9.81. The molecule has 0 saturated carbocycles. The standard InChI is InChI=1S/C12H18O3Si/c1-4-10-16(13-2,14-3)15-11-12-8-6-5-7-9-12/h4-9H,1,10-11H2,2-3H3. The van der Waals surface area contributed by atoms with Crippen LogP contribution in [0.1, 0.15) is 5.56 Å². The summed E-state index contributed by atoms with van der Waals surface area (Å²) in [5.41, 5.74) is 1.11. The second-order valence-corrected chi connectivity index (χ2v) is 6.24. The SMILES string of the molecule is C=CC[Si](OC)(OC)OCc1ccccc1. The second-order valence-electron chi connectivity index (χ2n) is 3.36. The first-order chi connectivity index (χ1) is 7.76. The lowest BCUT2D eigenvalue weighted by molar-refractivity contribution is 0.0945. The summed E-state index contributed by atoms with van der Waals surface area (Å²) in [4.78, 5) is 0. The Hall–Kier alpha value is -0.943. The van der Waals surface area contributed by atoms with Crippen molar-refractivity contribution in [3.05, 3.63) is 48.6 Å². The van der Waals surface area contributed by atoms with Crippen LogP contribution in [0.2, 0.25) is 6.04 Å². The molecule has 0 aromatic heterocycles. The van der Waals surface area contributed by atoms with Gasteiger partial charge in [0.15, 0.2) is 0 Å². The van der Waals surface area contributed by atoms with Crippen LogP contribution >= 0.6 is 0 Å². The van der Waals surface area contributed by atoms with Gasteiger partial charge < -0.3 is 13.3 Å². The van der Waals surface area contributed by atoms with Crippen molar-refractivity contribution >= 4 is 8.80 Å². The lowest BCUT2D eigenvalue weighted by atomic mass is 10.2. The highest BCUT2D eigenvalue weighted by molar-refractivity contribution is 6.61. The maximum absolute atomic E-state index is 5.78. The molecule has 1 aromatic rings. The van der Waals surface area contributed by atoms with E-state index in [2.05, 4.69) is 6.58 Å². The molecule has 0 amide bonds. The van der Waals surface area contributed by atoms with Crippen molar-refractivity contribution in [3.8, 4) is 0 Å². The third kappa shape index (κ3) is 3.57. The number of hydrogen-bond donors (Lipinski definition) is 0. The van der Waals surface area contributed by atoms with Crippen LogP contribution in [0.15, 0.2) is 43.0 Å². The third-order valence-corrected chi connectivity index (χ3v) is 4.93. The zero-order valence-corrected chi connectivity index (χ0v) is 10.8. The van der Waals surface area contributed by atoms with Gasteiger partial charge in [0, 0.05) is 20.3 Å². The van der Waals surface area contributed by atoms with Crippen LogP contribution in [0, 0.1) is 0 Å². The smallest absolute Gasteiger partial charge is 0.377 e. The molecule has 88 valence electrons. The van der Waals surface area contributed by atoms with E-state index in [9.17, 15) is 0 Å². The molecule has 0 bridgehead atoms. The van der Waals surface area contributed by atoms with E-state index < -0.39 is 8.80 Å². The van der Waals surface area contributed by atoms with Crippen LogP contribution in [0.25, 0.3) is 0 Å². The summed E-state index contributed by atoms with van der Waals surface area (Å²) in [6, 6.07) is 10.6. The van der Waals surface area contributed by atoms with Gasteiger partial charge in [-0.1, -0.05) is 36.4 Å². The fourth-order valence-electron chi connectivity index (χ4n) is 1.37. The summed E-state index contributed by atoms with van der Waals surface area (Å²) >= 11 is 0. The van der Waals surface area contributed by atoms with Gasteiger partial charge in [-0.2, -0.15) is 0 Å². The van der Waals surface area contributed by atoms with Gasteiger partial charge in [0.05, 0.1) is 6.61 Å². The molecule has 0 N–H and O–H groups in total. The van der Waals surface area contributed by atoms with Crippen LogP contribution < -0.4 is 0 Å². The third-order valence-electron chi connectivity index (χ3n) is 2.32. The van der Waals surface area contributed by atoms with Gasteiger partial charge in [-0.15, -0.1) is 6.58 Å². The van der Waals surface area contributed by atoms with Gasteiger partial charge in [0.25, 0.3) is 0 Å². The first kappa shape index (κ1) is 13.1. The molecule has 0 saturated heterocycles. The Labute approximate surface area is 98.0 Å². The van der Waals surface area contributed by atoms with Gasteiger partial charge in [0.1, 0.15) is 0 Å². The Morgan fingerprint density at radius 2 is 1.81 bits per heavy atom. The van der Waals surface area contributed by atoms with E-state index in [1.165, 1.54) is 0 Å². The van der Waals surface area contributed by atoms with Crippen LogP contribution in [-0.4, -0.2) is 23.0 Å². The van der Waals surface area contributed by atoms with Crippen molar-refractivity contribution < 1.29 is 13.3 Å². The molecular formula is C12H18O3Si. The Balaban J connectivity index is 2.59. The molecule has 1 aromatic carbocycles. The highest BCUT2D eigenvalue weighted by atomic mass is 28.4. The molecule has 4 heteroatoms. The zero-order chi connectivity index (χ0) is 11.9. The molecule has 0 fully saturated rings. The molecule has 0 spiro atoms. The minimum atomic E-state index is -2.54. The Bertz CT molecular complexity index is 309. The maximum Gasteiger partial charge on any atom is 0.504 e. The molecular weight excluding hydrogens is 220 g/mol. The number of allylic oxidation sites excluding steroid dienone is 1. The van der Waals surface area contributed by atoms with Crippen molar-refractivity contribution in [2.24, 2.45) is 0 Å². The average molecular weight is 238 g/mol. The van der Waals surface area contributed by atoms with Gasteiger partial charge in [-0.3, -0.25) is 0 Å². The first-order valence-corrected chi connectivity index (χ1v) is 7.08. The highest BCUT2D eigenvalue weighted by Crippen LogP contribution is 2.16. The van der Waals surface area contributed by atoms with Crippen LogP contribution in [0.3, 0.4) is 0 Å². The Kier molecular flexibility index (Phi) is 5.41. The molecule has 0 aliphatic heterocycles. The quantitative estimate of drug-likeness (QED) is 0.540. The molecule has 0 heterocycles. The van der Waals surface area contributed by atoms with Gasteiger partial charge >= 0.3 is 8.80 Å². The minimum Gasteiger partial charge on any atom is -0.377 e. The second kappa shape index (κ2) is 6.60.